The molecule has 8 heteroatoms. The highest BCUT2D eigenvalue weighted by molar-refractivity contribution is 7.89. The fraction of sp³-hybridized carbons (Fsp3) is 0.364. The molecule has 0 aliphatic heterocycles. The monoisotopic (exact) mass is 431 g/mol. The molecule has 0 heterocycles. The molecule has 0 aromatic heterocycles. The predicted octanol–water partition coefficient (Wildman–Crippen LogP) is 2.25. The number of hydrogen-bond acceptors (Lipinski definition) is 4. The number of nitrogens with one attached hydrogen (secondary N) is 2. The molecule has 0 saturated carbocycles. The number of carbonyl (C=O) groups excluding carboxylic acids is 2. The van der Waals surface area contributed by atoms with Crippen LogP contribution in [0.25, 0.3) is 0 Å². The van der Waals surface area contributed by atoms with Gasteiger partial charge in [0.25, 0.3) is 0 Å². The van der Waals surface area contributed by atoms with Crippen LogP contribution in [0.3, 0.4) is 0 Å². The van der Waals surface area contributed by atoms with E-state index in [9.17, 15) is 18.0 Å². The van der Waals surface area contributed by atoms with Gasteiger partial charge in [-0.1, -0.05) is 56.3 Å². The highest BCUT2D eigenvalue weighted by Crippen LogP contribution is 2.16. The minimum Gasteiger partial charge on any atom is -0.348 e. The topological polar surface area (TPSA) is 95.6 Å². The van der Waals surface area contributed by atoms with Crippen molar-refractivity contribution in [1.82, 2.24) is 14.9 Å². The standard InChI is InChI=1S/C22H29N3O4S/c1-4-25(5-2)30(28,29)20-13-11-18(12-14-20)15-16-23-21(26)22(27)24-17(3)19-9-7-6-8-10-19/h6-14,17H,4-5,15-16H2,1-3H3,(H,23,26)(H,24,27)/t17-/m1/s1. The molecule has 1 atom stereocenters. The SMILES string of the molecule is CCN(CC)S(=O)(=O)c1ccc(CCNC(=O)C(=O)N[C@H](C)c2ccccc2)cc1. The molecular formula is C22H29N3O4S. The Labute approximate surface area is 178 Å². The zero-order valence-electron chi connectivity index (χ0n) is 17.6. The third kappa shape index (κ3) is 6.14. The van der Waals surface area contributed by atoms with E-state index < -0.39 is 21.8 Å². The maximum absolute atomic E-state index is 12.5. The summed E-state index contributed by atoms with van der Waals surface area (Å²) in [5, 5.41) is 5.26. The van der Waals surface area contributed by atoms with Gasteiger partial charge >= 0.3 is 11.8 Å². The molecule has 2 amide bonds. The first-order valence-corrected chi connectivity index (χ1v) is 11.5. The van der Waals surface area contributed by atoms with Crippen LogP contribution in [-0.4, -0.2) is 44.2 Å². The van der Waals surface area contributed by atoms with Crippen molar-refractivity contribution in [3.63, 3.8) is 0 Å². The summed E-state index contributed by atoms with van der Waals surface area (Å²) in [5.74, 6) is -1.38. The van der Waals surface area contributed by atoms with Gasteiger partial charge in [0, 0.05) is 19.6 Å². The number of rotatable bonds is 9. The number of carbonyl (C=O) groups is 2. The summed E-state index contributed by atoms with van der Waals surface area (Å²) in [4.78, 5) is 24.3. The number of sulfonamides is 1. The first-order valence-electron chi connectivity index (χ1n) is 10.0. The molecule has 162 valence electrons. The van der Waals surface area contributed by atoms with Crippen LogP contribution in [0.5, 0.6) is 0 Å². The molecule has 0 unspecified atom stereocenters. The second-order valence-corrected chi connectivity index (χ2v) is 8.78. The molecule has 0 saturated heterocycles. The largest absolute Gasteiger partial charge is 0.348 e. The Morgan fingerprint density at radius 1 is 0.933 bits per heavy atom. The fourth-order valence-corrected chi connectivity index (χ4v) is 4.49. The first-order chi connectivity index (χ1) is 14.3. The minimum atomic E-state index is -3.49. The first kappa shape index (κ1) is 23.6. The van der Waals surface area contributed by atoms with Crippen molar-refractivity contribution in [3.05, 3.63) is 65.7 Å². The van der Waals surface area contributed by atoms with E-state index in [0.717, 1.165) is 11.1 Å². The summed E-state index contributed by atoms with van der Waals surface area (Å²) in [6.45, 7) is 6.52. The Hall–Kier alpha value is -2.71. The summed E-state index contributed by atoms with van der Waals surface area (Å²) in [6.07, 6.45) is 0.485. The van der Waals surface area contributed by atoms with Crippen molar-refractivity contribution in [1.29, 1.82) is 0 Å². The van der Waals surface area contributed by atoms with Crippen LogP contribution in [0.4, 0.5) is 0 Å². The number of benzene rings is 2. The van der Waals surface area contributed by atoms with Crippen molar-refractivity contribution in [2.75, 3.05) is 19.6 Å². The Kier molecular flexibility index (Phi) is 8.56. The van der Waals surface area contributed by atoms with Gasteiger partial charge in [0.15, 0.2) is 0 Å². The average molecular weight is 432 g/mol. The fourth-order valence-electron chi connectivity index (χ4n) is 3.03. The van der Waals surface area contributed by atoms with Crippen LogP contribution >= 0.6 is 0 Å². The zero-order valence-corrected chi connectivity index (χ0v) is 18.4. The lowest BCUT2D eigenvalue weighted by Gasteiger charge is -2.18. The summed E-state index contributed by atoms with van der Waals surface area (Å²) in [7, 11) is -3.49. The number of amides is 2. The zero-order chi connectivity index (χ0) is 22.1. The van der Waals surface area contributed by atoms with E-state index in [1.807, 2.05) is 37.3 Å². The molecule has 0 fully saturated rings. The molecule has 0 bridgehead atoms. The van der Waals surface area contributed by atoms with E-state index >= 15 is 0 Å². The molecule has 0 aliphatic carbocycles. The average Bonchev–Trinajstić information content (AvgIpc) is 2.75. The normalized spacial score (nSPS) is 12.4. The lowest BCUT2D eigenvalue weighted by Crippen LogP contribution is -2.41. The van der Waals surface area contributed by atoms with Crippen LogP contribution in [0.2, 0.25) is 0 Å². The van der Waals surface area contributed by atoms with E-state index in [4.69, 9.17) is 0 Å². The van der Waals surface area contributed by atoms with Gasteiger partial charge in [-0.3, -0.25) is 9.59 Å². The van der Waals surface area contributed by atoms with Crippen LogP contribution in [0.15, 0.2) is 59.5 Å². The second kappa shape index (κ2) is 10.9. The summed E-state index contributed by atoms with van der Waals surface area (Å²) < 4.78 is 26.4. The lowest BCUT2D eigenvalue weighted by atomic mass is 10.1. The van der Waals surface area contributed by atoms with E-state index in [1.165, 1.54) is 4.31 Å². The summed E-state index contributed by atoms with van der Waals surface area (Å²) in [6, 6.07) is 15.7. The third-order valence-corrected chi connectivity index (χ3v) is 6.88. The van der Waals surface area contributed by atoms with Crippen LogP contribution in [-0.2, 0) is 26.0 Å². The quantitative estimate of drug-likeness (QED) is 0.596. The van der Waals surface area contributed by atoms with Crippen LogP contribution < -0.4 is 10.6 Å². The molecule has 0 aliphatic rings. The van der Waals surface area contributed by atoms with E-state index in [1.54, 1.807) is 38.1 Å². The van der Waals surface area contributed by atoms with Gasteiger partial charge < -0.3 is 10.6 Å². The van der Waals surface area contributed by atoms with E-state index in [-0.39, 0.29) is 17.5 Å². The summed E-state index contributed by atoms with van der Waals surface area (Å²) in [5.41, 5.74) is 1.78. The van der Waals surface area contributed by atoms with Gasteiger partial charge in [0.1, 0.15) is 0 Å². The van der Waals surface area contributed by atoms with Crippen molar-refractivity contribution >= 4 is 21.8 Å². The smallest absolute Gasteiger partial charge is 0.309 e. The molecule has 0 spiro atoms. The minimum absolute atomic E-state index is 0.244. The molecule has 2 aromatic rings. The molecule has 0 radical (unpaired) electrons. The van der Waals surface area contributed by atoms with Gasteiger partial charge in [-0.25, -0.2) is 8.42 Å². The van der Waals surface area contributed by atoms with Gasteiger partial charge in [-0.2, -0.15) is 4.31 Å². The molecule has 2 rings (SSSR count). The molecule has 2 aromatic carbocycles. The molecule has 7 nitrogen and oxygen atoms in total. The maximum atomic E-state index is 12.5. The predicted molar refractivity (Wildman–Crippen MR) is 116 cm³/mol. The lowest BCUT2D eigenvalue weighted by molar-refractivity contribution is -0.139. The van der Waals surface area contributed by atoms with E-state index in [2.05, 4.69) is 10.6 Å². The van der Waals surface area contributed by atoms with Gasteiger partial charge in [0.2, 0.25) is 10.0 Å². The van der Waals surface area contributed by atoms with Crippen molar-refractivity contribution in [2.24, 2.45) is 0 Å². The third-order valence-electron chi connectivity index (χ3n) is 4.82. The number of nitrogens with zero attached hydrogens (tertiary/aromatic N) is 1. The molecular weight excluding hydrogens is 402 g/mol. The molecule has 30 heavy (non-hydrogen) atoms. The van der Waals surface area contributed by atoms with Crippen LogP contribution in [0, 0.1) is 0 Å². The van der Waals surface area contributed by atoms with Gasteiger partial charge in [-0.05, 0) is 36.6 Å². The maximum Gasteiger partial charge on any atom is 0.309 e. The van der Waals surface area contributed by atoms with Crippen molar-refractivity contribution < 1.29 is 18.0 Å². The Balaban J connectivity index is 1.84. The Bertz CT molecular complexity index is 940. The van der Waals surface area contributed by atoms with Gasteiger partial charge in [-0.15, -0.1) is 0 Å². The number of hydrogen-bond donors (Lipinski definition) is 2. The highest BCUT2D eigenvalue weighted by atomic mass is 32.2. The van der Waals surface area contributed by atoms with Crippen LogP contribution in [0.1, 0.15) is 37.9 Å². The Morgan fingerprint density at radius 3 is 2.10 bits per heavy atom. The van der Waals surface area contributed by atoms with Crippen molar-refractivity contribution in [2.45, 2.75) is 38.1 Å². The second-order valence-electron chi connectivity index (χ2n) is 6.85. The van der Waals surface area contributed by atoms with Gasteiger partial charge in [0.05, 0.1) is 10.9 Å². The molecule has 2 N–H and O–H groups in total. The highest BCUT2D eigenvalue weighted by Gasteiger charge is 2.21. The summed E-state index contributed by atoms with van der Waals surface area (Å²) >= 11 is 0. The van der Waals surface area contributed by atoms with Crippen molar-refractivity contribution in [3.8, 4) is 0 Å². The Morgan fingerprint density at radius 2 is 1.53 bits per heavy atom. The van der Waals surface area contributed by atoms with E-state index in [0.29, 0.717) is 19.5 Å².